The molecule has 0 bridgehead atoms. The molecule has 0 saturated heterocycles. The molecule has 1 aromatic rings. The lowest BCUT2D eigenvalue weighted by atomic mass is 9.85. The molecule has 1 saturated carbocycles. The van der Waals surface area contributed by atoms with Gasteiger partial charge in [0.15, 0.2) is 5.96 Å². The zero-order valence-corrected chi connectivity index (χ0v) is 15.6. The maximum Gasteiger partial charge on any atom is 0.188 e. The molecule has 106 valence electrons. The average Bonchev–Trinajstić information content (AvgIpc) is 2.29. The summed E-state index contributed by atoms with van der Waals surface area (Å²) in [6, 6.07) is 6.40. The third-order valence-corrected chi connectivity index (χ3v) is 4.66. The van der Waals surface area contributed by atoms with Gasteiger partial charge in [-0.1, -0.05) is 18.6 Å². The molecule has 2 rings (SSSR count). The van der Waals surface area contributed by atoms with Gasteiger partial charge in [0.05, 0.1) is 6.54 Å². The van der Waals surface area contributed by atoms with Crippen molar-refractivity contribution in [3.05, 3.63) is 32.9 Å². The van der Waals surface area contributed by atoms with Gasteiger partial charge in [-0.25, -0.2) is 4.99 Å². The van der Waals surface area contributed by atoms with Crippen LogP contribution in [-0.2, 0) is 6.54 Å². The van der Waals surface area contributed by atoms with E-state index < -0.39 is 0 Å². The van der Waals surface area contributed by atoms with Crippen molar-refractivity contribution in [3.63, 3.8) is 0 Å². The summed E-state index contributed by atoms with van der Waals surface area (Å²) in [6.45, 7) is 3.75. The molecular weight excluding hydrogens is 464 g/mol. The van der Waals surface area contributed by atoms with Crippen LogP contribution in [0.1, 0.15) is 30.4 Å². The number of nitrogens with zero attached hydrogens (tertiary/aromatic N) is 1. The number of aryl methyl sites for hydroxylation is 1. The summed E-state index contributed by atoms with van der Waals surface area (Å²) >= 11 is 2.34. The number of hydrogen-bond donors (Lipinski definition) is 2. The zero-order chi connectivity index (χ0) is 13.0. The first-order valence-corrected chi connectivity index (χ1v) is 7.52. The molecule has 0 radical (unpaired) electrons. The molecule has 0 aliphatic heterocycles. The lowest BCUT2D eigenvalue weighted by Crippen LogP contribution is -2.37. The highest BCUT2D eigenvalue weighted by atomic mass is 127. The quantitative estimate of drug-likeness (QED) is 0.391. The molecule has 3 nitrogen and oxygen atoms in total. The molecule has 0 atom stereocenters. The first kappa shape index (κ1) is 17.0. The van der Waals surface area contributed by atoms with Crippen molar-refractivity contribution in [2.45, 2.75) is 32.7 Å². The van der Waals surface area contributed by atoms with Gasteiger partial charge in [0.25, 0.3) is 0 Å². The van der Waals surface area contributed by atoms with Crippen LogP contribution in [0.4, 0.5) is 0 Å². The largest absolute Gasteiger partial charge is 0.370 e. The van der Waals surface area contributed by atoms with Gasteiger partial charge in [-0.2, -0.15) is 0 Å². The number of hydrogen-bond acceptors (Lipinski definition) is 1. The molecular formula is C14H21I2N3. The van der Waals surface area contributed by atoms with Crippen LogP contribution in [0.25, 0.3) is 0 Å². The zero-order valence-electron chi connectivity index (χ0n) is 11.2. The minimum Gasteiger partial charge on any atom is -0.370 e. The number of halogens is 2. The second-order valence-electron chi connectivity index (χ2n) is 4.96. The van der Waals surface area contributed by atoms with E-state index in [0.29, 0.717) is 12.5 Å². The number of rotatable bonds is 4. The number of nitrogens with one attached hydrogen (secondary N) is 1. The Morgan fingerprint density at radius 1 is 1.47 bits per heavy atom. The van der Waals surface area contributed by atoms with E-state index in [4.69, 9.17) is 5.73 Å². The van der Waals surface area contributed by atoms with E-state index in [9.17, 15) is 0 Å². The van der Waals surface area contributed by atoms with E-state index in [-0.39, 0.29) is 24.0 Å². The lowest BCUT2D eigenvalue weighted by molar-refractivity contribution is 0.315. The molecule has 1 aliphatic carbocycles. The summed E-state index contributed by atoms with van der Waals surface area (Å²) in [4.78, 5) is 4.38. The molecule has 3 N–H and O–H groups in total. The van der Waals surface area contributed by atoms with Crippen molar-refractivity contribution in [3.8, 4) is 0 Å². The van der Waals surface area contributed by atoms with E-state index in [1.165, 1.54) is 34.0 Å². The SMILES string of the molecule is Cc1cc(CN=C(N)NCC2CCC2)ccc1I.I. The first-order valence-electron chi connectivity index (χ1n) is 6.44. The van der Waals surface area contributed by atoms with Crippen LogP contribution in [0.5, 0.6) is 0 Å². The highest BCUT2D eigenvalue weighted by Crippen LogP contribution is 2.24. The minimum atomic E-state index is 0. The van der Waals surface area contributed by atoms with Gasteiger partial charge >= 0.3 is 0 Å². The topological polar surface area (TPSA) is 50.4 Å². The first-order chi connectivity index (χ1) is 8.65. The van der Waals surface area contributed by atoms with E-state index >= 15 is 0 Å². The molecule has 19 heavy (non-hydrogen) atoms. The molecule has 0 heterocycles. The van der Waals surface area contributed by atoms with Crippen LogP contribution in [-0.4, -0.2) is 12.5 Å². The van der Waals surface area contributed by atoms with Crippen LogP contribution >= 0.6 is 46.6 Å². The fourth-order valence-corrected chi connectivity index (χ4v) is 2.32. The molecule has 1 aromatic carbocycles. The Kier molecular flexibility index (Phi) is 7.41. The van der Waals surface area contributed by atoms with Gasteiger partial charge in [-0.15, -0.1) is 24.0 Å². The molecule has 0 unspecified atom stereocenters. The monoisotopic (exact) mass is 485 g/mol. The van der Waals surface area contributed by atoms with Crippen LogP contribution in [0.15, 0.2) is 23.2 Å². The molecule has 5 heteroatoms. The third kappa shape index (κ3) is 5.45. The second-order valence-corrected chi connectivity index (χ2v) is 6.13. The van der Waals surface area contributed by atoms with Crippen molar-refractivity contribution in [2.75, 3.05) is 6.54 Å². The predicted molar refractivity (Wildman–Crippen MR) is 100.0 cm³/mol. The Labute approximate surface area is 146 Å². The standard InChI is InChI=1S/C14H20IN3.HI/c1-10-7-12(5-6-13(10)15)9-18-14(16)17-8-11-3-2-4-11;/h5-7,11H,2-4,8-9H2,1H3,(H3,16,17,18);1H. The molecule has 1 fully saturated rings. The van der Waals surface area contributed by atoms with Crippen molar-refractivity contribution in [2.24, 2.45) is 16.6 Å². The maximum absolute atomic E-state index is 5.85. The van der Waals surface area contributed by atoms with Crippen LogP contribution in [0.2, 0.25) is 0 Å². The van der Waals surface area contributed by atoms with Gasteiger partial charge < -0.3 is 11.1 Å². The Morgan fingerprint density at radius 2 is 2.21 bits per heavy atom. The van der Waals surface area contributed by atoms with E-state index in [0.717, 1.165) is 12.5 Å². The van der Waals surface area contributed by atoms with Crippen molar-refractivity contribution in [1.82, 2.24) is 5.32 Å². The van der Waals surface area contributed by atoms with Crippen LogP contribution in [0, 0.1) is 16.4 Å². The van der Waals surface area contributed by atoms with Gasteiger partial charge in [-0.3, -0.25) is 0 Å². The highest BCUT2D eigenvalue weighted by Gasteiger charge is 2.16. The maximum atomic E-state index is 5.85. The predicted octanol–water partition coefficient (Wildman–Crippen LogP) is 3.42. The Bertz CT molecular complexity index is 442. The normalized spacial score (nSPS) is 15.6. The Balaban J connectivity index is 0.00000180. The summed E-state index contributed by atoms with van der Waals surface area (Å²) < 4.78 is 1.29. The summed E-state index contributed by atoms with van der Waals surface area (Å²) in [6.07, 6.45) is 4.03. The van der Waals surface area contributed by atoms with Gasteiger partial charge in [0, 0.05) is 10.1 Å². The van der Waals surface area contributed by atoms with Gasteiger partial charge in [0.1, 0.15) is 0 Å². The second kappa shape index (κ2) is 8.28. The Hall–Kier alpha value is -0.0500. The van der Waals surface area contributed by atoms with Crippen LogP contribution < -0.4 is 11.1 Å². The number of nitrogens with two attached hydrogens (primary N) is 1. The molecule has 0 spiro atoms. The molecule has 0 aromatic heterocycles. The minimum absolute atomic E-state index is 0. The fraction of sp³-hybridized carbons (Fsp3) is 0.500. The molecule has 0 amide bonds. The summed E-state index contributed by atoms with van der Waals surface area (Å²) in [7, 11) is 0. The lowest BCUT2D eigenvalue weighted by Gasteiger charge is -2.25. The fourth-order valence-electron chi connectivity index (χ4n) is 1.98. The van der Waals surface area contributed by atoms with Gasteiger partial charge in [0.2, 0.25) is 0 Å². The third-order valence-electron chi connectivity index (χ3n) is 3.45. The van der Waals surface area contributed by atoms with Gasteiger partial charge in [-0.05, 0) is 65.5 Å². The summed E-state index contributed by atoms with van der Waals surface area (Å²) in [5.74, 6) is 1.37. The summed E-state index contributed by atoms with van der Waals surface area (Å²) in [5.41, 5.74) is 8.36. The number of aliphatic imine (C=N–C) groups is 1. The smallest absolute Gasteiger partial charge is 0.188 e. The highest BCUT2D eigenvalue weighted by molar-refractivity contribution is 14.1. The van der Waals surface area contributed by atoms with Crippen molar-refractivity contribution in [1.29, 1.82) is 0 Å². The van der Waals surface area contributed by atoms with E-state index in [1.807, 2.05) is 0 Å². The van der Waals surface area contributed by atoms with E-state index in [2.05, 4.69) is 58.0 Å². The molecule has 1 aliphatic rings. The average molecular weight is 485 g/mol. The summed E-state index contributed by atoms with van der Waals surface area (Å²) in [5, 5.41) is 3.21. The van der Waals surface area contributed by atoms with Crippen molar-refractivity contribution >= 4 is 52.5 Å². The van der Waals surface area contributed by atoms with E-state index in [1.54, 1.807) is 0 Å². The van der Waals surface area contributed by atoms with Crippen LogP contribution in [0.3, 0.4) is 0 Å². The number of benzene rings is 1. The van der Waals surface area contributed by atoms with Crippen molar-refractivity contribution < 1.29 is 0 Å². The number of guanidine groups is 1. The Morgan fingerprint density at radius 3 is 2.79 bits per heavy atom.